The fourth-order valence-corrected chi connectivity index (χ4v) is 2.21. The maximum absolute atomic E-state index is 5.98. The highest BCUT2D eigenvalue weighted by Crippen LogP contribution is 2.31. The molecule has 4 nitrogen and oxygen atoms in total. The molecule has 2 aromatic rings. The molecule has 5 heteroatoms. The molecule has 17 heavy (non-hydrogen) atoms. The normalized spacial score (nSPS) is 10.9. The van der Waals surface area contributed by atoms with Gasteiger partial charge in [-0.15, -0.1) is 11.3 Å². The van der Waals surface area contributed by atoms with Gasteiger partial charge in [0.15, 0.2) is 0 Å². The second kappa shape index (κ2) is 5.84. The summed E-state index contributed by atoms with van der Waals surface area (Å²) < 4.78 is 12.0. The number of rotatable bonds is 6. The van der Waals surface area contributed by atoms with E-state index in [1.54, 1.807) is 16.8 Å². The molecule has 0 aliphatic rings. The van der Waals surface area contributed by atoms with Crippen LogP contribution in [0.15, 0.2) is 17.6 Å². The Kier molecular flexibility index (Phi) is 4.17. The summed E-state index contributed by atoms with van der Waals surface area (Å²) in [5.74, 6) is 0.684. The lowest BCUT2D eigenvalue weighted by Gasteiger charge is -2.09. The Morgan fingerprint density at radius 1 is 1.29 bits per heavy atom. The molecule has 2 rings (SSSR count). The third kappa shape index (κ3) is 2.87. The number of aromatic nitrogens is 1. The van der Waals surface area contributed by atoms with Crippen LogP contribution in [0.4, 0.5) is 5.69 Å². The lowest BCUT2D eigenvalue weighted by atomic mass is 10.2. The van der Waals surface area contributed by atoms with Crippen molar-refractivity contribution in [1.29, 1.82) is 0 Å². The second-order valence-electron chi connectivity index (χ2n) is 3.64. The highest BCUT2D eigenvalue weighted by Gasteiger charge is 2.07. The van der Waals surface area contributed by atoms with Crippen LogP contribution in [-0.4, -0.2) is 24.8 Å². The molecular weight excluding hydrogens is 236 g/mol. The number of benzene rings is 1. The van der Waals surface area contributed by atoms with Crippen molar-refractivity contribution in [1.82, 2.24) is 4.98 Å². The van der Waals surface area contributed by atoms with E-state index < -0.39 is 0 Å². The molecule has 0 saturated heterocycles. The van der Waals surface area contributed by atoms with Crippen molar-refractivity contribution in [2.45, 2.75) is 13.3 Å². The van der Waals surface area contributed by atoms with Crippen molar-refractivity contribution in [2.24, 2.45) is 0 Å². The van der Waals surface area contributed by atoms with E-state index in [-0.39, 0.29) is 0 Å². The number of hydrogen-bond acceptors (Lipinski definition) is 5. The molecule has 0 radical (unpaired) electrons. The smallest absolute Gasteiger partial charge is 0.144 e. The largest absolute Gasteiger partial charge is 0.489 e. The summed E-state index contributed by atoms with van der Waals surface area (Å²) in [6.07, 6.45) is 1.02. The monoisotopic (exact) mass is 252 g/mol. The standard InChI is InChI=1S/C12H16N2O2S/c1-2-5-15-6-7-16-9-3-4-10-12(11(9)13)14-8-17-10/h3-4,8H,2,5-7,13H2,1H3. The molecule has 0 fully saturated rings. The zero-order valence-corrected chi connectivity index (χ0v) is 10.6. The zero-order chi connectivity index (χ0) is 12.1. The van der Waals surface area contributed by atoms with E-state index in [2.05, 4.69) is 11.9 Å². The minimum absolute atomic E-state index is 0.514. The molecule has 0 bridgehead atoms. The van der Waals surface area contributed by atoms with Gasteiger partial charge in [0, 0.05) is 6.61 Å². The lowest BCUT2D eigenvalue weighted by Crippen LogP contribution is -2.08. The Morgan fingerprint density at radius 3 is 3.00 bits per heavy atom. The number of nitrogens with two attached hydrogens (primary N) is 1. The summed E-state index contributed by atoms with van der Waals surface area (Å²) in [7, 11) is 0. The van der Waals surface area contributed by atoms with Crippen LogP contribution in [0.5, 0.6) is 5.75 Å². The predicted molar refractivity (Wildman–Crippen MR) is 70.6 cm³/mol. The maximum Gasteiger partial charge on any atom is 0.144 e. The number of thiazole rings is 1. The molecule has 0 atom stereocenters. The van der Waals surface area contributed by atoms with Crippen molar-refractivity contribution >= 4 is 27.2 Å². The summed E-state index contributed by atoms with van der Waals surface area (Å²) in [6.45, 7) is 3.95. The number of fused-ring (bicyclic) bond motifs is 1. The first kappa shape index (κ1) is 12.1. The summed E-state index contributed by atoms with van der Waals surface area (Å²) in [4.78, 5) is 4.22. The van der Waals surface area contributed by atoms with E-state index in [0.717, 1.165) is 23.2 Å². The van der Waals surface area contributed by atoms with Gasteiger partial charge in [-0.1, -0.05) is 6.92 Å². The first-order chi connectivity index (χ1) is 8.33. The average molecular weight is 252 g/mol. The quantitative estimate of drug-likeness (QED) is 0.634. The molecule has 1 aromatic heterocycles. The molecular formula is C12H16N2O2S. The summed E-state index contributed by atoms with van der Waals surface area (Å²) in [5, 5.41) is 0. The van der Waals surface area contributed by atoms with Gasteiger partial charge >= 0.3 is 0 Å². The van der Waals surface area contributed by atoms with Crippen molar-refractivity contribution in [3.05, 3.63) is 17.6 Å². The number of hydrogen-bond donors (Lipinski definition) is 1. The van der Waals surface area contributed by atoms with Crippen LogP contribution in [0.1, 0.15) is 13.3 Å². The fraction of sp³-hybridized carbons (Fsp3) is 0.417. The van der Waals surface area contributed by atoms with Crippen LogP contribution in [0.2, 0.25) is 0 Å². The van der Waals surface area contributed by atoms with Gasteiger partial charge < -0.3 is 15.2 Å². The first-order valence-corrected chi connectivity index (χ1v) is 6.53. The lowest BCUT2D eigenvalue weighted by molar-refractivity contribution is 0.101. The molecule has 0 saturated carbocycles. The van der Waals surface area contributed by atoms with Gasteiger partial charge in [0.2, 0.25) is 0 Å². The van der Waals surface area contributed by atoms with Gasteiger partial charge in [-0.05, 0) is 18.6 Å². The molecule has 92 valence electrons. The van der Waals surface area contributed by atoms with Crippen molar-refractivity contribution < 1.29 is 9.47 Å². The molecule has 0 aliphatic carbocycles. The van der Waals surface area contributed by atoms with Crippen LogP contribution in [0.25, 0.3) is 10.2 Å². The maximum atomic E-state index is 5.98. The van der Waals surface area contributed by atoms with Gasteiger partial charge in [0.05, 0.1) is 16.8 Å². The van der Waals surface area contributed by atoms with E-state index in [4.69, 9.17) is 15.2 Å². The summed E-state index contributed by atoms with van der Waals surface area (Å²) >= 11 is 1.57. The molecule has 1 aromatic carbocycles. The second-order valence-corrected chi connectivity index (χ2v) is 4.52. The average Bonchev–Trinajstić information content (AvgIpc) is 2.80. The van der Waals surface area contributed by atoms with Crippen molar-refractivity contribution in [3.8, 4) is 5.75 Å². The fourth-order valence-electron chi connectivity index (χ4n) is 1.52. The van der Waals surface area contributed by atoms with Gasteiger partial charge in [-0.25, -0.2) is 4.98 Å². The van der Waals surface area contributed by atoms with Crippen LogP contribution in [0.3, 0.4) is 0 Å². The van der Waals surface area contributed by atoms with Gasteiger partial charge in [-0.2, -0.15) is 0 Å². The predicted octanol–water partition coefficient (Wildman–Crippen LogP) is 2.68. The van der Waals surface area contributed by atoms with E-state index in [0.29, 0.717) is 24.7 Å². The Labute approximate surface area is 104 Å². The van der Waals surface area contributed by atoms with E-state index >= 15 is 0 Å². The van der Waals surface area contributed by atoms with Crippen LogP contribution >= 0.6 is 11.3 Å². The summed E-state index contributed by atoms with van der Waals surface area (Å²) in [6, 6.07) is 3.86. The molecule has 1 heterocycles. The minimum Gasteiger partial charge on any atom is -0.489 e. The Balaban J connectivity index is 1.96. The van der Waals surface area contributed by atoms with Crippen molar-refractivity contribution in [3.63, 3.8) is 0 Å². The number of ether oxygens (including phenoxy) is 2. The van der Waals surface area contributed by atoms with E-state index in [9.17, 15) is 0 Å². The van der Waals surface area contributed by atoms with Crippen LogP contribution < -0.4 is 10.5 Å². The topological polar surface area (TPSA) is 57.4 Å². The summed E-state index contributed by atoms with van der Waals surface area (Å²) in [5.41, 5.74) is 9.20. The molecule has 2 N–H and O–H groups in total. The van der Waals surface area contributed by atoms with Gasteiger partial charge in [0.25, 0.3) is 0 Å². The molecule has 0 aliphatic heterocycles. The third-order valence-corrected chi connectivity index (χ3v) is 3.13. The minimum atomic E-state index is 0.514. The number of nitrogens with zero attached hydrogens (tertiary/aromatic N) is 1. The van der Waals surface area contributed by atoms with Gasteiger partial charge in [-0.3, -0.25) is 0 Å². The van der Waals surface area contributed by atoms with Gasteiger partial charge in [0.1, 0.15) is 23.6 Å². The van der Waals surface area contributed by atoms with Crippen LogP contribution in [-0.2, 0) is 4.74 Å². The zero-order valence-electron chi connectivity index (χ0n) is 9.81. The Morgan fingerprint density at radius 2 is 2.18 bits per heavy atom. The Bertz CT molecular complexity index is 484. The number of anilines is 1. The van der Waals surface area contributed by atoms with Crippen molar-refractivity contribution in [2.75, 3.05) is 25.6 Å². The Hall–Kier alpha value is -1.33. The SMILES string of the molecule is CCCOCCOc1ccc2scnc2c1N. The molecule has 0 unspecified atom stereocenters. The highest BCUT2D eigenvalue weighted by molar-refractivity contribution is 7.16. The highest BCUT2D eigenvalue weighted by atomic mass is 32.1. The van der Waals surface area contributed by atoms with Crippen LogP contribution in [0, 0.1) is 0 Å². The molecule has 0 spiro atoms. The number of nitrogen functional groups attached to an aromatic ring is 1. The third-order valence-electron chi connectivity index (χ3n) is 2.34. The first-order valence-electron chi connectivity index (χ1n) is 5.65. The van der Waals surface area contributed by atoms with E-state index in [1.807, 2.05) is 12.1 Å². The molecule has 0 amide bonds. The van der Waals surface area contributed by atoms with E-state index in [1.165, 1.54) is 0 Å².